The molecule has 2 aromatic carbocycles. The number of benzene rings is 2. The Hall–Kier alpha value is -2.11. The molecule has 0 radical (unpaired) electrons. The lowest BCUT2D eigenvalue weighted by Gasteiger charge is -2.11. The maximum Gasteiger partial charge on any atom is 0.257 e. The molecule has 2 N–H and O–H groups in total. The van der Waals surface area contributed by atoms with Crippen molar-refractivity contribution in [2.24, 2.45) is 0 Å². The minimum absolute atomic E-state index is 0.204. The average molecular weight is 349 g/mol. The van der Waals surface area contributed by atoms with Crippen LogP contribution in [0.5, 0.6) is 5.75 Å². The van der Waals surface area contributed by atoms with Crippen LogP contribution < -0.4 is 15.4 Å². The van der Waals surface area contributed by atoms with Gasteiger partial charge in [-0.05, 0) is 56.4 Å². The van der Waals surface area contributed by atoms with Gasteiger partial charge in [-0.2, -0.15) is 0 Å². The van der Waals surface area contributed by atoms with E-state index in [1.165, 1.54) is 0 Å². The van der Waals surface area contributed by atoms with E-state index in [1.54, 1.807) is 25.3 Å². The third-order valence-electron chi connectivity index (χ3n) is 3.12. The number of rotatable bonds is 3. The SMILES string of the molecule is COc1ccc(NC(=S)NC(=O)c2cc(C)cc(C)c2)cc1Cl. The molecule has 0 aliphatic rings. The number of aryl methyl sites for hydroxylation is 2. The molecular weight excluding hydrogens is 332 g/mol. The highest BCUT2D eigenvalue weighted by Gasteiger charge is 2.10. The van der Waals surface area contributed by atoms with Gasteiger partial charge in [-0.1, -0.05) is 28.8 Å². The summed E-state index contributed by atoms with van der Waals surface area (Å²) in [5.41, 5.74) is 3.29. The fourth-order valence-electron chi connectivity index (χ4n) is 2.19. The first-order valence-electron chi connectivity index (χ1n) is 6.93. The molecule has 0 bridgehead atoms. The zero-order valence-electron chi connectivity index (χ0n) is 13.1. The van der Waals surface area contributed by atoms with Crippen LogP contribution in [0.15, 0.2) is 36.4 Å². The van der Waals surface area contributed by atoms with Crippen LogP contribution in [0.3, 0.4) is 0 Å². The van der Waals surface area contributed by atoms with E-state index in [0.29, 0.717) is 22.0 Å². The number of methoxy groups -OCH3 is 1. The molecule has 6 heteroatoms. The molecule has 0 aliphatic carbocycles. The van der Waals surface area contributed by atoms with Crippen molar-refractivity contribution in [1.82, 2.24) is 5.32 Å². The fraction of sp³-hybridized carbons (Fsp3) is 0.176. The van der Waals surface area contributed by atoms with Crippen LogP contribution in [-0.2, 0) is 0 Å². The second-order valence-corrected chi connectivity index (χ2v) is 5.95. The summed E-state index contributed by atoms with van der Waals surface area (Å²) in [6, 6.07) is 10.8. The van der Waals surface area contributed by atoms with Gasteiger partial charge in [0.05, 0.1) is 12.1 Å². The van der Waals surface area contributed by atoms with E-state index in [9.17, 15) is 4.79 Å². The number of carbonyl (C=O) groups is 1. The van der Waals surface area contributed by atoms with E-state index in [-0.39, 0.29) is 11.0 Å². The van der Waals surface area contributed by atoms with Crippen LogP contribution in [0.2, 0.25) is 5.02 Å². The molecule has 2 rings (SSSR count). The highest BCUT2D eigenvalue weighted by Crippen LogP contribution is 2.27. The lowest BCUT2D eigenvalue weighted by atomic mass is 10.1. The van der Waals surface area contributed by atoms with E-state index in [4.69, 9.17) is 28.6 Å². The minimum Gasteiger partial charge on any atom is -0.495 e. The Morgan fingerprint density at radius 1 is 1.13 bits per heavy atom. The van der Waals surface area contributed by atoms with Gasteiger partial charge in [0.1, 0.15) is 5.75 Å². The van der Waals surface area contributed by atoms with Gasteiger partial charge in [-0.3, -0.25) is 10.1 Å². The molecule has 2 aromatic rings. The van der Waals surface area contributed by atoms with Crippen molar-refractivity contribution in [2.45, 2.75) is 13.8 Å². The molecule has 4 nitrogen and oxygen atoms in total. The Labute approximate surface area is 145 Å². The van der Waals surface area contributed by atoms with Crippen LogP contribution >= 0.6 is 23.8 Å². The summed E-state index contributed by atoms with van der Waals surface area (Å²) < 4.78 is 5.09. The molecule has 23 heavy (non-hydrogen) atoms. The number of ether oxygens (including phenoxy) is 1. The lowest BCUT2D eigenvalue weighted by molar-refractivity contribution is 0.0977. The first kappa shape index (κ1) is 17.2. The predicted molar refractivity (Wildman–Crippen MR) is 97.6 cm³/mol. The summed E-state index contributed by atoms with van der Waals surface area (Å²) >= 11 is 11.2. The molecule has 0 atom stereocenters. The van der Waals surface area contributed by atoms with Crippen LogP contribution in [0, 0.1) is 13.8 Å². The van der Waals surface area contributed by atoms with Gasteiger partial charge in [0, 0.05) is 11.3 Å². The van der Waals surface area contributed by atoms with Crippen molar-refractivity contribution < 1.29 is 9.53 Å². The molecular formula is C17H17ClN2O2S. The molecule has 0 spiro atoms. The summed E-state index contributed by atoms with van der Waals surface area (Å²) in [6.07, 6.45) is 0. The number of hydrogen-bond donors (Lipinski definition) is 2. The van der Waals surface area contributed by atoms with E-state index in [0.717, 1.165) is 11.1 Å². The molecule has 0 fully saturated rings. The maximum atomic E-state index is 12.2. The standard InChI is InChI=1S/C17H17ClN2O2S/c1-10-6-11(2)8-12(7-10)16(21)20-17(23)19-13-4-5-15(22-3)14(18)9-13/h4-9H,1-3H3,(H2,19,20,21,23). The van der Waals surface area contributed by atoms with Crippen LogP contribution in [0.1, 0.15) is 21.5 Å². The number of halogens is 1. The predicted octanol–water partition coefficient (Wildman–Crippen LogP) is 4.09. The van der Waals surface area contributed by atoms with Gasteiger partial charge in [-0.15, -0.1) is 0 Å². The number of carbonyl (C=O) groups excluding carboxylic acids is 1. The van der Waals surface area contributed by atoms with Crippen LogP contribution in [-0.4, -0.2) is 18.1 Å². The summed E-state index contributed by atoms with van der Waals surface area (Å²) in [7, 11) is 1.54. The average Bonchev–Trinajstić information content (AvgIpc) is 2.46. The van der Waals surface area contributed by atoms with Gasteiger partial charge in [-0.25, -0.2) is 0 Å². The highest BCUT2D eigenvalue weighted by molar-refractivity contribution is 7.80. The number of nitrogens with one attached hydrogen (secondary N) is 2. The third-order valence-corrected chi connectivity index (χ3v) is 3.62. The van der Waals surface area contributed by atoms with Crippen LogP contribution in [0.25, 0.3) is 0 Å². The fourth-order valence-corrected chi connectivity index (χ4v) is 2.66. The normalized spacial score (nSPS) is 10.1. The van der Waals surface area contributed by atoms with E-state index in [2.05, 4.69) is 10.6 Å². The number of hydrogen-bond acceptors (Lipinski definition) is 3. The Morgan fingerprint density at radius 2 is 1.78 bits per heavy atom. The quantitative estimate of drug-likeness (QED) is 0.820. The first-order valence-corrected chi connectivity index (χ1v) is 7.72. The molecule has 0 aromatic heterocycles. The van der Waals surface area contributed by atoms with Crippen molar-refractivity contribution >= 4 is 40.5 Å². The lowest BCUT2D eigenvalue weighted by Crippen LogP contribution is -2.34. The van der Waals surface area contributed by atoms with Crippen molar-refractivity contribution in [3.63, 3.8) is 0 Å². The summed E-state index contributed by atoms with van der Waals surface area (Å²) in [5.74, 6) is 0.316. The smallest absolute Gasteiger partial charge is 0.257 e. The van der Waals surface area contributed by atoms with Crippen molar-refractivity contribution in [3.8, 4) is 5.75 Å². The second-order valence-electron chi connectivity index (χ2n) is 5.13. The van der Waals surface area contributed by atoms with Gasteiger partial charge >= 0.3 is 0 Å². The first-order chi connectivity index (χ1) is 10.9. The van der Waals surface area contributed by atoms with Gasteiger partial charge < -0.3 is 10.1 Å². The number of anilines is 1. The third kappa shape index (κ3) is 4.68. The van der Waals surface area contributed by atoms with Gasteiger partial charge in [0.25, 0.3) is 5.91 Å². The summed E-state index contributed by atoms with van der Waals surface area (Å²) in [4.78, 5) is 12.2. The topological polar surface area (TPSA) is 50.4 Å². The van der Waals surface area contributed by atoms with E-state index < -0.39 is 0 Å². The Balaban J connectivity index is 2.04. The Kier molecular flexibility index (Phi) is 5.58. The van der Waals surface area contributed by atoms with E-state index >= 15 is 0 Å². The monoisotopic (exact) mass is 348 g/mol. The van der Waals surface area contributed by atoms with Crippen molar-refractivity contribution in [3.05, 3.63) is 58.1 Å². The molecule has 0 heterocycles. The molecule has 1 amide bonds. The molecule has 0 unspecified atom stereocenters. The molecule has 120 valence electrons. The molecule has 0 saturated carbocycles. The maximum absolute atomic E-state index is 12.2. The largest absolute Gasteiger partial charge is 0.495 e. The molecule has 0 saturated heterocycles. The van der Waals surface area contributed by atoms with E-state index in [1.807, 2.05) is 32.0 Å². The summed E-state index contributed by atoms with van der Waals surface area (Å²) in [6.45, 7) is 3.89. The Bertz CT molecular complexity index is 742. The number of amides is 1. The Morgan fingerprint density at radius 3 is 2.35 bits per heavy atom. The zero-order valence-corrected chi connectivity index (χ0v) is 14.6. The number of thiocarbonyl (C=S) groups is 1. The minimum atomic E-state index is -0.256. The van der Waals surface area contributed by atoms with Crippen LogP contribution in [0.4, 0.5) is 5.69 Å². The van der Waals surface area contributed by atoms with Crippen molar-refractivity contribution in [1.29, 1.82) is 0 Å². The van der Waals surface area contributed by atoms with Gasteiger partial charge in [0.15, 0.2) is 5.11 Å². The van der Waals surface area contributed by atoms with Crippen molar-refractivity contribution in [2.75, 3.05) is 12.4 Å². The second kappa shape index (κ2) is 7.44. The molecule has 0 aliphatic heterocycles. The van der Waals surface area contributed by atoms with Gasteiger partial charge in [0.2, 0.25) is 0 Å². The zero-order chi connectivity index (χ0) is 17.0. The summed E-state index contributed by atoms with van der Waals surface area (Å²) in [5, 5.41) is 6.24. The highest BCUT2D eigenvalue weighted by atomic mass is 35.5.